The van der Waals surface area contributed by atoms with E-state index in [1.54, 1.807) is 24.1 Å². The highest BCUT2D eigenvalue weighted by Gasteiger charge is 2.26. The molecule has 0 aromatic carbocycles. The number of alkyl carbamates (subject to hydrolysis) is 1. The first-order valence-corrected chi connectivity index (χ1v) is 10.4. The molecule has 1 atom stereocenters. The van der Waals surface area contributed by atoms with Gasteiger partial charge in [-0.15, -0.1) is 0 Å². The topological polar surface area (TPSA) is 99.4 Å². The standard InChI is InChI=1S/C21H35N5O4/c1-15(2)16(24-20(28)30-21(3,4)5)14-23-19(22-6)26-11-9-25(10-12-26)18(27)17-8-7-13-29-17/h7-8,13,15-16H,9-12,14H2,1-6H3,(H,22,23)(H,24,28). The van der Waals surface area contributed by atoms with Crippen LogP contribution in [-0.2, 0) is 4.74 Å². The fourth-order valence-electron chi connectivity index (χ4n) is 3.12. The van der Waals surface area contributed by atoms with Gasteiger partial charge in [0.25, 0.3) is 5.91 Å². The molecule has 0 bridgehead atoms. The van der Waals surface area contributed by atoms with Crippen LogP contribution in [0.25, 0.3) is 0 Å². The summed E-state index contributed by atoms with van der Waals surface area (Å²) in [7, 11) is 1.73. The van der Waals surface area contributed by atoms with Crippen LogP contribution in [0.4, 0.5) is 4.79 Å². The number of nitrogens with zero attached hydrogens (tertiary/aromatic N) is 3. The molecule has 2 heterocycles. The Labute approximate surface area is 178 Å². The molecular formula is C21H35N5O4. The zero-order valence-electron chi connectivity index (χ0n) is 18.9. The number of hydrogen-bond donors (Lipinski definition) is 2. The van der Waals surface area contributed by atoms with Crippen LogP contribution in [-0.4, -0.2) is 79.2 Å². The third-order valence-corrected chi connectivity index (χ3v) is 4.80. The van der Waals surface area contributed by atoms with Gasteiger partial charge in [0.2, 0.25) is 0 Å². The minimum atomic E-state index is -0.540. The minimum absolute atomic E-state index is 0.0935. The number of aliphatic imine (C=N–C) groups is 1. The van der Waals surface area contributed by atoms with Crippen molar-refractivity contribution in [1.82, 2.24) is 20.4 Å². The number of amides is 2. The normalized spacial score (nSPS) is 16.4. The van der Waals surface area contributed by atoms with Crippen LogP contribution in [0.5, 0.6) is 0 Å². The number of hydrogen-bond acceptors (Lipinski definition) is 5. The fraction of sp³-hybridized carbons (Fsp3) is 0.667. The number of rotatable bonds is 5. The second kappa shape index (κ2) is 10.4. The Morgan fingerprint density at radius 3 is 2.33 bits per heavy atom. The number of piperazine rings is 1. The molecule has 9 heteroatoms. The zero-order valence-corrected chi connectivity index (χ0v) is 18.9. The average molecular weight is 422 g/mol. The maximum atomic E-state index is 12.4. The van der Waals surface area contributed by atoms with Gasteiger partial charge in [-0.2, -0.15) is 0 Å². The van der Waals surface area contributed by atoms with Crippen molar-refractivity contribution in [3.63, 3.8) is 0 Å². The van der Waals surface area contributed by atoms with Gasteiger partial charge >= 0.3 is 6.09 Å². The highest BCUT2D eigenvalue weighted by atomic mass is 16.6. The van der Waals surface area contributed by atoms with Gasteiger partial charge in [-0.3, -0.25) is 9.79 Å². The van der Waals surface area contributed by atoms with E-state index in [9.17, 15) is 9.59 Å². The third kappa shape index (κ3) is 6.96. The molecule has 30 heavy (non-hydrogen) atoms. The molecule has 9 nitrogen and oxygen atoms in total. The summed E-state index contributed by atoms with van der Waals surface area (Å²) in [5, 5.41) is 6.28. The molecule has 0 aliphatic carbocycles. The van der Waals surface area contributed by atoms with Crippen molar-refractivity contribution >= 4 is 18.0 Å². The first-order valence-electron chi connectivity index (χ1n) is 10.4. The van der Waals surface area contributed by atoms with Gasteiger partial charge in [0, 0.05) is 39.8 Å². The monoisotopic (exact) mass is 421 g/mol. The van der Waals surface area contributed by atoms with Crippen molar-refractivity contribution in [2.45, 2.75) is 46.3 Å². The molecule has 168 valence electrons. The van der Waals surface area contributed by atoms with Crippen molar-refractivity contribution < 1.29 is 18.7 Å². The molecule has 1 unspecified atom stereocenters. The Kier molecular flexibility index (Phi) is 8.14. The van der Waals surface area contributed by atoms with Gasteiger partial charge in [0.05, 0.1) is 12.3 Å². The van der Waals surface area contributed by atoms with Crippen molar-refractivity contribution in [3.8, 4) is 0 Å². The van der Waals surface area contributed by atoms with Gasteiger partial charge in [-0.25, -0.2) is 4.79 Å². The molecule has 1 fully saturated rings. The third-order valence-electron chi connectivity index (χ3n) is 4.80. The fourth-order valence-corrected chi connectivity index (χ4v) is 3.12. The summed E-state index contributed by atoms with van der Waals surface area (Å²) in [6, 6.07) is 3.28. The van der Waals surface area contributed by atoms with Gasteiger partial charge in [0.15, 0.2) is 11.7 Å². The maximum absolute atomic E-state index is 12.4. The maximum Gasteiger partial charge on any atom is 0.407 e. The number of carbonyl (C=O) groups is 2. The van der Waals surface area contributed by atoms with Gasteiger partial charge in [0.1, 0.15) is 5.60 Å². The van der Waals surface area contributed by atoms with Crippen molar-refractivity contribution in [2.75, 3.05) is 39.8 Å². The van der Waals surface area contributed by atoms with Crippen LogP contribution in [0.3, 0.4) is 0 Å². The molecule has 0 radical (unpaired) electrons. The summed E-state index contributed by atoms with van der Waals surface area (Å²) < 4.78 is 10.6. The summed E-state index contributed by atoms with van der Waals surface area (Å²) in [5.41, 5.74) is -0.540. The highest BCUT2D eigenvalue weighted by Crippen LogP contribution is 2.11. The molecule has 1 aromatic heterocycles. The van der Waals surface area contributed by atoms with Crippen LogP contribution in [0.15, 0.2) is 27.8 Å². The van der Waals surface area contributed by atoms with Gasteiger partial charge in [-0.05, 0) is 38.8 Å². The molecule has 1 saturated heterocycles. The summed E-state index contributed by atoms with van der Waals surface area (Å²) in [4.78, 5) is 32.8. The Morgan fingerprint density at radius 2 is 1.83 bits per heavy atom. The first-order chi connectivity index (χ1) is 14.1. The van der Waals surface area contributed by atoms with E-state index in [1.807, 2.05) is 34.6 Å². The smallest absolute Gasteiger partial charge is 0.407 e. The van der Waals surface area contributed by atoms with Crippen molar-refractivity contribution in [2.24, 2.45) is 10.9 Å². The Morgan fingerprint density at radius 1 is 1.20 bits per heavy atom. The van der Waals surface area contributed by atoms with E-state index in [0.717, 1.165) is 5.96 Å². The van der Waals surface area contributed by atoms with Crippen molar-refractivity contribution in [1.29, 1.82) is 0 Å². The Balaban J connectivity index is 1.86. The number of ether oxygens (including phenoxy) is 1. The average Bonchev–Trinajstić information content (AvgIpc) is 3.20. The molecule has 0 spiro atoms. The van der Waals surface area contributed by atoms with Crippen LogP contribution in [0, 0.1) is 5.92 Å². The van der Waals surface area contributed by atoms with Crippen LogP contribution < -0.4 is 10.6 Å². The summed E-state index contributed by atoms with van der Waals surface area (Å²) in [6.07, 6.45) is 1.08. The minimum Gasteiger partial charge on any atom is -0.459 e. The Hall–Kier alpha value is -2.71. The van der Waals surface area contributed by atoms with E-state index < -0.39 is 11.7 Å². The van der Waals surface area contributed by atoms with Crippen LogP contribution in [0.1, 0.15) is 45.2 Å². The quantitative estimate of drug-likeness (QED) is 0.558. The number of carbonyl (C=O) groups excluding carboxylic acids is 2. The van der Waals surface area contributed by atoms with E-state index in [1.165, 1.54) is 6.26 Å². The predicted octanol–water partition coefficient (Wildman–Crippen LogP) is 2.16. The van der Waals surface area contributed by atoms with E-state index >= 15 is 0 Å². The largest absolute Gasteiger partial charge is 0.459 e. The lowest BCUT2D eigenvalue weighted by Gasteiger charge is -2.36. The number of nitrogens with one attached hydrogen (secondary N) is 2. The van der Waals surface area contributed by atoms with Crippen LogP contribution in [0.2, 0.25) is 0 Å². The summed E-state index contributed by atoms with van der Waals surface area (Å²) in [5.74, 6) is 1.23. The van der Waals surface area contributed by atoms with E-state index in [2.05, 4.69) is 20.5 Å². The predicted molar refractivity (Wildman–Crippen MR) is 116 cm³/mol. The number of furan rings is 1. The van der Waals surface area contributed by atoms with Gasteiger partial charge < -0.3 is 29.6 Å². The second-order valence-electron chi connectivity index (χ2n) is 8.68. The second-order valence-corrected chi connectivity index (χ2v) is 8.68. The van der Waals surface area contributed by atoms with E-state index in [0.29, 0.717) is 38.5 Å². The van der Waals surface area contributed by atoms with Gasteiger partial charge in [-0.1, -0.05) is 13.8 Å². The highest BCUT2D eigenvalue weighted by molar-refractivity contribution is 5.91. The lowest BCUT2D eigenvalue weighted by atomic mass is 10.0. The SMILES string of the molecule is CN=C(NCC(NC(=O)OC(C)(C)C)C(C)C)N1CCN(C(=O)c2ccco2)CC1. The molecule has 1 aromatic rings. The van der Waals surface area contributed by atoms with E-state index in [4.69, 9.17) is 9.15 Å². The molecule has 1 aliphatic rings. The van der Waals surface area contributed by atoms with E-state index in [-0.39, 0.29) is 17.9 Å². The molecule has 1 aliphatic heterocycles. The molecular weight excluding hydrogens is 386 g/mol. The first kappa shape index (κ1) is 23.6. The molecule has 2 amide bonds. The molecule has 2 rings (SSSR count). The van der Waals surface area contributed by atoms with Crippen LogP contribution >= 0.6 is 0 Å². The lowest BCUT2D eigenvalue weighted by Crippen LogP contribution is -2.56. The van der Waals surface area contributed by atoms with Crippen molar-refractivity contribution in [3.05, 3.63) is 24.2 Å². The summed E-state index contributed by atoms with van der Waals surface area (Å²) in [6.45, 7) is 12.6. The number of guanidine groups is 1. The molecule has 2 N–H and O–H groups in total. The molecule has 0 saturated carbocycles. The lowest BCUT2D eigenvalue weighted by molar-refractivity contribution is 0.0491. The Bertz CT molecular complexity index is 716. The summed E-state index contributed by atoms with van der Waals surface area (Å²) >= 11 is 0. The zero-order chi connectivity index (χ0) is 22.3.